The SMILES string of the molecule is Fc1[c]cccc1-c1cccnc1. The summed E-state index contributed by atoms with van der Waals surface area (Å²) in [5.41, 5.74) is 1.31. The minimum atomic E-state index is -0.337. The maximum atomic E-state index is 13.2. The molecule has 2 rings (SSSR count). The van der Waals surface area contributed by atoms with Crippen molar-refractivity contribution in [2.45, 2.75) is 0 Å². The number of halogens is 1. The van der Waals surface area contributed by atoms with Crippen LogP contribution in [0.25, 0.3) is 11.1 Å². The molecule has 0 N–H and O–H groups in total. The number of nitrogens with zero attached hydrogens (tertiary/aromatic N) is 1. The molecule has 1 radical (unpaired) electrons. The zero-order valence-electron chi connectivity index (χ0n) is 6.87. The van der Waals surface area contributed by atoms with Crippen LogP contribution in [0, 0.1) is 11.9 Å². The smallest absolute Gasteiger partial charge is 0.139 e. The molecular formula is C11H7FN. The standard InChI is InChI=1S/C11H7FN/c12-11-6-2-1-5-10(11)9-4-3-7-13-8-9/h1-5,7-8H. The molecule has 0 atom stereocenters. The first-order valence-corrected chi connectivity index (χ1v) is 3.94. The van der Waals surface area contributed by atoms with E-state index in [1.54, 1.807) is 36.7 Å². The molecule has 0 saturated heterocycles. The normalized spacial score (nSPS) is 9.92. The third kappa shape index (κ3) is 1.56. The number of aromatic nitrogens is 1. The van der Waals surface area contributed by atoms with Crippen LogP contribution in [-0.4, -0.2) is 4.98 Å². The molecule has 1 nitrogen and oxygen atoms in total. The lowest BCUT2D eigenvalue weighted by atomic mass is 10.1. The highest BCUT2D eigenvalue weighted by atomic mass is 19.1. The third-order valence-corrected chi connectivity index (χ3v) is 1.78. The van der Waals surface area contributed by atoms with E-state index in [1.165, 1.54) is 0 Å². The van der Waals surface area contributed by atoms with E-state index in [2.05, 4.69) is 11.1 Å². The van der Waals surface area contributed by atoms with Crippen molar-refractivity contribution < 1.29 is 4.39 Å². The van der Waals surface area contributed by atoms with Gasteiger partial charge in [0.2, 0.25) is 0 Å². The Bertz CT molecular complexity index is 398. The molecule has 0 aliphatic heterocycles. The highest BCUT2D eigenvalue weighted by molar-refractivity contribution is 5.62. The summed E-state index contributed by atoms with van der Waals surface area (Å²) in [6.45, 7) is 0. The first-order chi connectivity index (χ1) is 6.38. The Labute approximate surface area is 75.9 Å². The van der Waals surface area contributed by atoms with E-state index in [0.29, 0.717) is 5.56 Å². The fraction of sp³-hybridized carbons (Fsp3) is 0. The summed E-state index contributed by atoms with van der Waals surface area (Å²) in [5, 5.41) is 0. The van der Waals surface area contributed by atoms with E-state index in [4.69, 9.17) is 0 Å². The second-order valence-corrected chi connectivity index (χ2v) is 2.64. The summed E-state index contributed by atoms with van der Waals surface area (Å²) < 4.78 is 13.2. The van der Waals surface area contributed by atoms with Crippen LogP contribution in [0.15, 0.2) is 42.7 Å². The second kappa shape index (κ2) is 3.35. The first kappa shape index (κ1) is 7.92. The summed E-state index contributed by atoms with van der Waals surface area (Å²) in [5.74, 6) is -0.337. The minimum Gasteiger partial charge on any atom is -0.264 e. The maximum absolute atomic E-state index is 13.2. The fourth-order valence-electron chi connectivity index (χ4n) is 1.16. The molecule has 1 heterocycles. The third-order valence-electron chi connectivity index (χ3n) is 1.78. The average Bonchev–Trinajstić information content (AvgIpc) is 2.20. The molecule has 0 unspecified atom stereocenters. The molecule has 2 aromatic rings. The van der Waals surface area contributed by atoms with Crippen LogP contribution in [0.2, 0.25) is 0 Å². The van der Waals surface area contributed by atoms with Crippen LogP contribution in [0.1, 0.15) is 0 Å². The Hall–Kier alpha value is -1.70. The Morgan fingerprint density at radius 1 is 1.23 bits per heavy atom. The van der Waals surface area contributed by atoms with Crippen molar-refractivity contribution in [2.24, 2.45) is 0 Å². The molecule has 0 bridgehead atoms. The van der Waals surface area contributed by atoms with Gasteiger partial charge in [-0.25, -0.2) is 4.39 Å². The van der Waals surface area contributed by atoms with Gasteiger partial charge >= 0.3 is 0 Å². The van der Waals surface area contributed by atoms with Crippen molar-refractivity contribution >= 4 is 0 Å². The van der Waals surface area contributed by atoms with Crippen LogP contribution < -0.4 is 0 Å². The summed E-state index contributed by atoms with van der Waals surface area (Å²) in [7, 11) is 0. The first-order valence-electron chi connectivity index (χ1n) is 3.94. The summed E-state index contributed by atoms with van der Waals surface area (Å²) >= 11 is 0. The lowest BCUT2D eigenvalue weighted by Gasteiger charge is -2.00. The fourth-order valence-corrected chi connectivity index (χ4v) is 1.16. The molecule has 0 saturated carbocycles. The summed E-state index contributed by atoms with van der Waals surface area (Å²) in [4.78, 5) is 3.92. The molecule has 1 aromatic carbocycles. The summed E-state index contributed by atoms with van der Waals surface area (Å²) in [6, 6.07) is 11.1. The number of hydrogen-bond donors (Lipinski definition) is 0. The van der Waals surface area contributed by atoms with E-state index < -0.39 is 0 Å². The lowest BCUT2D eigenvalue weighted by Crippen LogP contribution is -1.83. The number of benzene rings is 1. The molecule has 0 spiro atoms. The van der Waals surface area contributed by atoms with Gasteiger partial charge < -0.3 is 0 Å². The molecule has 13 heavy (non-hydrogen) atoms. The van der Waals surface area contributed by atoms with Crippen molar-refractivity contribution in [3.05, 3.63) is 54.6 Å². The van der Waals surface area contributed by atoms with Crippen LogP contribution in [0.4, 0.5) is 4.39 Å². The lowest BCUT2D eigenvalue weighted by molar-refractivity contribution is 0.629. The van der Waals surface area contributed by atoms with Gasteiger partial charge in [-0.15, -0.1) is 0 Å². The zero-order valence-corrected chi connectivity index (χ0v) is 6.87. The molecule has 2 heteroatoms. The van der Waals surface area contributed by atoms with Gasteiger partial charge in [-0.3, -0.25) is 4.98 Å². The largest absolute Gasteiger partial charge is 0.264 e. The van der Waals surface area contributed by atoms with Gasteiger partial charge in [0.25, 0.3) is 0 Å². The minimum absolute atomic E-state index is 0.337. The van der Waals surface area contributed by atoms with E-state index in [0.717, 1.165) is 5.56 Å². The monoisotopic (exact) mass is 172 g/mol. The van der Waals surface area contributed by atoms with E-state index in [-0.39, 0.29) is 5.82 Å². The second-order valence-electron chi connectivity index (χ2n) is 2.64. The van der Waals surface area contributed by atoms with Gasteiger partial charge in [-0.1, -0.05) is 24.3 Å². The molecule has 0 fully saturated rings. The van der Waals surface area contributed by atoms with Crippen molar-refractivity contribution in [1.82, 2.24) is 4.98 Å². The number of rotatable bonds is 1. The van der Waals surface area contributed by atoms with Gasteiger partial charge in [-0.2, -0.15) is 0 Å². The van der Waals surface area contributed by atoms with Crippen LogP contribution in [-0.2, 0) is 0 Å². The van der Waals surface area contributed by atoms with Crippen molar-refractivity contribution in [3.8, 4) is 11.1 Å². The van der Waals surface area contributed by atoms with Gasteiger partial charge in [0.05, 0.1) is 0 Å². The number of hydrogen-bond acceptors (Lipinski definition) is 1. The average molecular weight is 172 g/mol. The molecule has 0 aliphatic carbocycles. The van der Waals surface area contributed by atoms with Gasteiger partial charge in [0.15, 0.2) is 0 Å². The highest BCUT2D eigenvalue weighted by Gasteiger charge is 2.02. The Morgan fingerprint density at radius 3 is 2.85 bits per heavy atom. The molecule has 0 aliphatic rings. The predicted octanol–water partition coefficient (Wildman–Crippen LogP) is 2.69. The Morgan fingerprint density at radius 2 is 2.15 bits per heavy atom. The van der Waals surface area contributed by atoms with Crippen LogP contribution >= 0.6 is 0 Å². The quantitative estimate of drug-likeness (QED) is 0.644. The van der Waals surface area contributed by atoms with E-state index in [9.17, 15) is 4.39 Å². The van der Waals surface area contributed by atoms with Gasteiger partial charge in [0, 0.05) is 29.6 Å². The van der Waals surface area contributed by atoms with Crippen LogP contribution in [0.5, 0.6) is 0 Å². The summed E-state index contributed by atoms with van der Waals surface area (Å²) in [6.07, 6.45) is 3.29. The van der Waals surface area contributed by atoms with Crippen molar-refractivity contribution in [2.75, 3.05) is 0 Å². The van der Waals surface area contributed by atoms with Crippen LogP contribution in [0.3, 0.4) is 0 Å². The maximum Gasteiger partial charge on any atom is 0.139 e. The molecular weight excluding hydrogens is 165 g/mol. The molecule has 0 amide bonds. The predicted molar refractivity (Wildman–Crippen MR) is 48.5 cm³/mol. The Kier molecular flexibility index (Phi) is 2.04. The van der Waals surface area contributed by atoms with E-state index in [1.807, 2.05) is 6.07 Å². The highest BCUT2D eigenvalue weighted by Crippen LogP contribution is 2.20. The van der Waals surface area contributed by atoms with Gasteiger partial charge in [-0.05, 0) is 6.07 Å². The topological polar surface area (TPSA) is 12.9 Å². The molecule has 63 valence electrons. The van der Waals surface area contributed by atoms with Gasteiger partial charge in [0.1, 0.15) is 5.82 Å². The number of pyridine rings is 1. The zero-order chi connectivity index (χ0) is 9.10. The Balaban J connectivity index is 2.54. The van der Waals surface area contributed by atoms with Crippen molar-refractivity contribution in [1.29, 1.82) is 0 Å². The van der Waals surface area contributed by atoms with Crippen molar-refractivity contribution in [3.63, 3.8) is 0 Å². The van der Waals surface area contributed by atoms with E-state index >= 15 is 0 Å². The molecule has 1 aromatic heterocycles.